The third-order valence-electron chi connectivity index (χ3n) is 2.95. The van der Waals surface area contributed by atoms with Gasteiger partial charge >= 0.3 is 5.97 Å². The molecule has 0 saturated heterocycles. The fraction of sp³-hybridized carbons (Fsp3) is 0.353. The summed E-state index contributed by atoms with van der Waals surface area (Å²) >= 11 is 7.22. The third kappa shape index (κ3) is 5.72. The molecule has 134 valence electrons. The predicted molar refractivity (Wildman–Crippen MR) is 97.6 cm³/mol. The Labute approximate surface area is 155 Å². The van der Waals surface area contributed by atoms with Crippen molar-refractivity contribution in [3.63, 3.8) is 0 Å². The minimum absolute atomic E-state index is 0.0685. The topological polar surface area (TPSA) is 77.5 Å². The Bertz CT molecular complexity index is 761. The molecule has 1 aromatic heterocycles. The lowest BCUT2D eigenvalue weighted by Crippen LogP contribution is -2.16. The summed E-state index contributed by atoms with van der Waals surface area (Å²) in [4.78, 5) is 28.2. The van der Waals surface area contributed by atoms with Crippen LogP contribution < -0.4 is 10.1 Å². The van der Waals surface area contributed by atoms with Crippen LogP contribution in [-0.2, 0) is 16.0 Å². The van der Waals surface area contributed by atoms with Gasteiger partial charge < -0.3 is 9.47 Å². The second-order valence-corrected chi connectivity index (χ2v) is 6.68. The zero-order valence-corrected chi connectivity index (χ0v) is 15.7. The van der Waals surface area contributed by atoms with Gasteiger partial charge in [0.15, 0.2) is 5.13 Å². The number of nitrogens with zero attached hydrogens (tertiary/aromatic N) is 1. The number of halogens is 1. The summed E-state index contributed by atoms with van der Waals surface area (Å²) < 4.78 is 10.5. The van der Waals surface area contributed by atoms with E-state index < -0.39 is 0 Å². The van der Waals surface area contributed by atoms with E-state index in [-0.39, 0.29) is 24.4 Å². The van der Waals surface area contributed by atoms with Crippen molar-refractivity contribution in [3.8, 4) is 5.75 Å². The molecule has 0 atom stereocenters. The standard InChI is InChI=1S/C17H19ClN2O4S/c1-4-23-15(21)8-12-9-25-17(19-12)20-16(22)13-7-11(18)5-6-14(13)24-10(2)3/h5-7,9-10H,4,8H2,1-3H3,(H,19,20,22). The number of hydrogen-bond acceptors (Lipinski definition) is 6. The number of hydrogen-bond donors (Lipinski definition) is 1. The van der Waals surface area contributed by atoms with Gasteiger partial charge in [-0.25, -0.2) is 4.98 Å². The zero-order chi connectivity index (χ0) is 18.4. The van der Waals surface area contributed by atoms with Crippen LogP contribution in [0.4, 0.5) is 5.13 Å². The molecule has 25 heavy (non-hydrogen) atoms. The lowest BCUT2D eigenvalue weighted by atomic mass is 10.2. The molecule has 0 aliphatic rings. The first-order chi connectivity index (χ1) is 11.9. The molecule has 0 radical (unpaired) electrons. The van der Waals surface area contributed by atoms with Crippen molar-refractivity contribution in [3.05, 3.63) is 39.9 Å². The molecule has 8 heteroatoms. The number of ether oxygens (including phenoxy) is 2. The second-order valence-electron chi connectivity index (χ2n) is 5.39. The maximum atomic E-state index is 12.5. The molecule has 2 aromatic rings. The summed E-state index contributed by atoms with van der Waals surface area (Å²) in [6.45, 7) is 5.81. The van der Waals surface area contributed by atoms with Crippen LogP contribution >= 0.6 is 22.9 Å². The Morgan fingerprint density at radius 3 is 2.80 bits per heavy atom. The molecular weight excluding hydrogens is 364 g/mol. The Morgan fingerprint density at radius 1 is 1.36 bits per heavy atom. The van der Waals surface area contributed by atoms with Crippen LogP contribution in [0.1, 0.15) is 36.8 Å². The van der Waals surface area contributed by atoms with Crippen molar-refractivity contribution in [2.24, 2.45) is 0 Å². The van der Waals surface area contributed by atoms with Crippen molar-refractivity contribution >= 4 is 39.9 Å². The molecule has 0 fully saturated rings. The van der Waals surface area contributed by atoms with Crippen LogP contribution in [-0.4, -0.2) is 29.6 Å². The lowest BCUT2D eigenvalue weighted by molar-refractivity contribution is -0.142. The molecule has 0 aliphatic heterocycles. The van der Waals surface area contributed by atoms with Gasteiger partial charge in [-0.2, -0.15) is 0 Å². The first kappa shape index (κ1) is 19.2. The van der Waals surface area contributed by atoms with Crippen LogP contribution in [0.15, 0.2) is 23.6 Å². The molecule has 6 nitrogen and oxygen atoms in total. The van der Waals surface area contributed by atoms with E-state index in [1.165, 1.54) is 11.3 Å². The molecule has 0 aliphatic carbocycles. The highest BCUT2D eigenvalue weighted by molar-refractivity contribution is 7.14. The second kappa shape index (κ2) is 8.82. The number of thiazole rings is 1. The summed E-state index contributed by atoms with van der Waals surface area (Å²) in [6, 6.07) is 4.86. The molecule has 1 amide bonds. The van der Waals surface area contributed by atoms with E-state index in [0.29, 0.717) is 33.8 Å². The number of benzene rings is 1. The Balaban J connectivity index is 2.11. The number of aromatic nitrogens is 1. The fourth-order valence-electron chi connectivity index (χ4n) is 2.01. The lowest BCUT2D eigenvalue weighted by Gasteiger charge is -2.14. The van der Waals surface area contributed by atoms with Gasteiger partial charge in [-0.05, 0) is 39.0 Å². The summed E-state index contributed by atoms with van der Waals surface area (Å²) in [5, 5.41) is 5.23. The largest absolute Gasteiger partial charge is 0.490 e. The first-order valence-electron chi connectivity index (χ1n) is 7.76. The van der Waals surface area contributed by atoms with Crippen molar-refractivity contribution in [1.82, 2.24) is 4.98 Å². The minimum Gasteiger partial charge on any atom is -0.490 e. The van der Waals surface area contributed by atoms with Gasteiger partial charge in [0.2, 0.25) is 0 Å². The smallest absolute Gasteiger partial charge is 0.311 e. The van der Waals surface area contributed by atoms with E-state index in [9.17, 15) is 9.59 Å². The van der Waals surface area contributed by atoms with Gasteiger partial charge in [0.25, 0.3) is 5.91 Å². The van der Waals surface area contributed by atoms with Gasteiger partial charge in [0, 0.05) is 10.4 Å². The van der Waals surface area contributed by atoms with Gasteiger partial charge in [0.1, 0.15) is 5.75 Å². The van der Waals surface area contributed by atoms with Crippen molar-refractivity contribution in [2.75, 3.05) is 11.9 Å². The summed E-state index contributed by atoms with van der Waals surface area (Å²) in [6.07, 6.45) is -0.0113. The average molecular weight is 383 g/mol. The average Bonchev–Trinajstić information content (AvgIpc) is 2.95. The molecule has 1 aromatic carbocycles. The van der Waals surface area contributed by atoms with Crippen LogP contribution in [0, 0.1) is 0 Å². The number of nitrogens with one attached hydrogen (secondary N) is 1. The first-order valence-corrected chi connectivity index (χ1v) is 9.02. The molecule has 1 N–H and O–H groups in total. The number of carbonyl (C=O) groups is 2. The van der Waals surface area contributed by atoms with E-state index in [0.717, 1.165) is 0 Å². The maximum absolute atomic E-state index is 12.5. The van der Waals surface area contributed by atoms with E-state index in [1.54, 1.807) is 30.5 Å². The van der Waals surface area contributed by atoms with Gasteiger partial charge in [-0.1, -0.05) is 11.6 Å². The summed E-state index contributed by atoms with van der Waals surface area (Å²) in [7, 11) is 0. The van der Waals surface area contributed by atoms with E-state index in [1.807, 2.05) is 13.8 Å². The van der Waals surface area contributed by atoms with Gasteiger partial charge in [-0.3, -0.25) is 14.9 Å². The Morgan fingerprint density at radius 2 is 2.12 bits per heavy atom. The normalized spacial score (nSPS) is 10.6. The molecule has 0 saturated carbocycles. The third-order valence-corrected chi connectivity index (χ3v) is 3.99. The van der Waals surface area contributed by atoms with Crippen molar-refractivity contribution in [1.29, 1.82) is 0 Å². The Hall–Kier alpha value is -2.12. The van der Waals surface area contributed by atoms with Crippen LogP contribution in [0.2, 0.25) is 5.02 Å². The highest BCUT2D eigenvalue weighted by atomic mass is 35.5. The molecule has 2 rings (SSSR count). The van der Waals surface area contributed by atoms with Crippen molar-refractivity contribution in [2.45, 2.75) is 33.3 Å². The molecule has 1 heterocycles. The van der Waals surface area contributed by atoms with Crippen LogP contribution in [0.25, 0.3) is 0 Å². The zero-order valence-electron chi connectivity index (χ0n) is 14.2. The van der Waals surface area contributed by atoms with Gasteiger partial charge in [0.05, 0.1) is 30.4 Å². The quantitative estimate of drug-likeness (QED) is 0.734. The SMILES string of the molecule is CCOC(=O)Cc1csc(NC(=O)c2cc(Cl)ccc2OC(C)C)n1. The number of esters is 1. The van der Waals surface area contributed by atoms with E-state index >= 15 is 0 Å². The monoisotopic (exact) mass is 382 g/mol. The summed E-state index contributed by atoms with van der Waals surface area (Å²) in [5.74, 6) is -0.288. The molecule has 0 unspecified atom stereocenters. The predicted octanol–water partition coefficient (Wildman–Crippen LogP) is 3.94. The van der Waals surface area contributed by atoms with Crippen LogP contribution in [0.3, 0.4) is 0 Å². The fourth-order valence-corrected chi connectivity index (χ4v) is 2.88. The van der Waals surface area contributed by atoms with Gasteiger partial charge in [-0.15, -0.1) is 11.3 Å². The molecule has 0 spiro atoms. The number of carbonyl (C=O) groups excluding carboxylic acids is 2. The molecular formula is C17H19ClN2O4S. The highest BCUT2D eigenvalue weighted by Crippen LogP contribution is 2.26. The van der Waals surface area contributed by atoms with E-state index in [4.69, 9.17) is 21.1 Å². The summed E-state index contributed by atoms with van der Waals surface area (Å²) in [5.41, 5.74) is 0.867. The number of anilines is 1. The van der Waals surface area contributed by atoms with Crippen molar-refractivity contribution < 1.29 is 19.1 Å². The number of rotatable bonds is 7. The maximum Gasteiger partial charge on any atom is 0.311 e. The molecule has 0 bridgehead atoms. The van der Waals surface area contributed by atoms with Crippen LogP contribution in [0.5, 0.6) is 5.75 Å². The van der Waals surface area contributed by atoms with E-state index in [2.05, 4.69) is 10.3 Å². The highest BCUT2D eigenvalue weighted by Gasteiger charge is 2.17. The Kier molecular flexibility index (Phi) is 6.78. The number of amides is 1. The minimum atomic E-state index is -0.379.